The predicted molar refractivity (Wildman–Crippen MR) is 118 cm³/mol. The van der Waals surface area contributed by atoms with E-state index in [0.29, 0.717) is 6.42 Å². The summed E-state index contributed by atoms with van der Waals surface area (Å²) in [5.41, 5.74) is 1.04. The summed E-state index contributed by atoms with van der Waals surface area (Å²) in [6.45, 7) is 11.6. The van der Waals surface area contributed by atoms with Crippen LogP contribution in [0.5, 0.6) is 0 Å². The van der Waals surface area contributed by atoms with Gasteiger partial charge in [-0.1, -0.05) is 51.1 Å². The number of methoxy groups -OCH3 is 1. The molecule has 0 aromatic heterocycles. The minimum absolute atomic E-state index is 0.0601. The van der Waals surface area contributed by atoms with E-state index in [4.69, 9.17) is 13.9 Å². The van der Waals surface area contributed by atoms with Crippen molar-refractivity contribution >= 4 is 20.3 Å². The first-order valence-electron chi connectivity index (χ1n) is 10.5. The fourth-order valence-corrected chi connectivity index (χ4v) is 4.92. The fourth-order valence-electron chi connectivity index (χ4n) is 3.81. The largest absolute Gasteiger partial charge is 0.547 e. The van der Waals surface area contributed by atoms with Crippen molar-refractivity contribution in [3.63, 3.8) is 0 Å². The third-order valence-corrected chi connectivity index (χ3v) is 10.9. The van der Waals surface area contributed by atoms with Crippen LogP contribution in [0.25, 0.3) is 0 Å². The number of nitrogens with zero attached hydrogens (tertiary/aromatic N) is 1. The van der Waals surface area contributed by atoms with Crippen LogP contribution in [-0.4, -0.2) is 51.6 Å². The minimum atomic E-state index is -2.04. The summed E-state index contributed by atoms with van der Waals surface area (Å²) >= 11 is 0. The molecule has 0 radical (unpaired) electrons. The van der Waals surface area contributed by atoms with E-state index in [9.17, 15) is 9.59 Å². The Morgan fingerprint density at radius 1 is 1.20 bits per heavy atom. The van der Waals surface area contributed by atoms with E-state index < -0.39 is 26.4 Å². The van der Waals surface area contributed by atoms with Crippen molar-refractivity contribution in [2.45, 2.75) is 57.3 Å². The SMILES string of the molecule is CO[C@@H]1C=C(O[Si](C)(C)C(C)(C)C)C[C@H](c2ccccc2)[C@H]1C(=O)N1CCOC1=O. The molecule has 0 N–H and O–H groups in total. The molecule has 3 rings (SSSR count). The number of cyclic esters (lactones) is 1. The second-order valence-electron chi connectivity index (χ2n) is 9.55. The Morgan fingerprint density at radius 2 is 1.87 bits per heavy atom. The first kappa shape index (κ1) is 22.6. The van der Waals surface area contributed by atoms with Crippen LogP contribution in [0.4, 0.5) is 4.79 Å². The number of ether oxygens (including phenoxy) is 2. The van der Waals surface area contributed by atoms with Crippen LogP contribution in [0, 0.1) is 5.92 Å². The quantitative estimate of drug-likeness (QED) is 0.633. The molecule has 0 unspecified atom stereocenters. The number of benzene rings is 1. The summed E-state index contributed by atoms with van der Waals surface area (Å²) in [5, 5.41) is 0.0601. The number of rotatable bonds is 5. The number of hydrogen-bond donors (Lipinski definition) is 0. The predicted octanol–water partition coefficient (Wildman–Crippen LogP) is 4.69. The molecule has 1 fully saturated rings. The van der Waals surface area contributed by atoms with Crippen molar-refractivity contribution in [2.24, 2.45) is 5.92 Å². The molecule has 0 saturated carbocycles. The Hall–Kier alpha value is -2.12. The normalized spacial score (nSPS) is 25.0. The topological polar surface area (TPSA) is 65.1 Å². The molecule has 0 spiro atoms. The van der Waals surface area contributed by atoms with Gasteiger partial charge in [0, 0.05) is 19.4 Å². The van der Waals surface area contributed by atoms with E-state index in [1.807, 2.05) is 36.4 Å². The molecule has 2 amide bonds. The number of amides is 2. The second kappa shape index (κ2) is 8.55. The van der Waals surface area contributed by atoms with Gasteiger partial charge in [0.1, 0.15) is 6.61 Å². The van der Waals surface area contributed by atoms with Gasteiger partial charge in [-0.2, -0.15) is 0 Å². The lowest BCUT2D eigenvalue weighted by Gasteiger charge is -2.42. The van der Waals surface area contributed by atoms with E-state index in [1.165, 1.54) is 4.90 Å². The van der Waals surface area contributed by atoms with Crippen molar-refractivity contribution in [2.75, 3.05) is 20.3 Å². The van der Waals surface area contributed by atoms with Crippen molar-refractivity contribution in [3.05, 3.63) is 47.7 Å². The van der Waals surface area contributed by atoms with E-state index >= 15 is 0 Å². The Labute approximate surface area is 180 Å². The van der Waals surface area contributed by atoms with Gasteiger partial charge < -0.3 is 13.9 Å². The summed E-state index contributed by atoms with van der Waals surface area (Å²) in [4.78, 5) is 26.7. The number of carbonyl (C=O) groups is 2. The van der Waals surface area contributed by atoms with Crippen LogP contribution in [-0.2, 0) is 18.7 Å². The molecular formula is C23H33NO5Si. The first-order chi connectivity index (χ1) is 14.0. The fraction of sp³-hybridized carbons (Fsp3) is 0.565. The number of allylic oxidation sites excluding steroid dienone is 1. The third kappa shape index (κ3) is 4.47. The second-order valence-corrected chi connectivity index (χ2v) is 14.3. The zero-order valence-corrected chi connectivity index (χ0v) is 19.8. The minimum Gasteiger partial charge on any atom is -0.547 e. The Morgan fingerprint density at radius 3 is 2.40 bits per heavy atom. The van der Waals surface area contributed by atoms with Crippen molar-refractivity contribution in [1.29, 1.82) is 0 Å². The van der Waals surface area contributed by atoms with Gasteiger partial charge in [0.2, 0.25) is 14.2 Å². The lowest BCUT2D eigenvalue weighted by atomic mass is 9.75. The Bertz CT molecular complexity index is 815. The lowest BCUT2D eigenvalue weighted by Crippen LogP contribution is -2.47. The summed E-state index contributed by atoms with van der Waals surface area (Å²) in [5.74, 6) is -0.0483. The first-order valence-corrected chi connectivity index (χ1v) is 13.4. The monoisotopic (exact) mass is 431 g/mol. The molecule has 1 aliphatic carbocycles. The molecule has 1 aromatic carbocycles. The molecule has 1 aliphatic heterocycles. The maximum atomic E-state index is 13.4. The van der Waals surface area contributed by atoms with Crippen LogP contribution < -0.4 is 0 Å². The van der Waals surface area contributed by atoms with Crippen LogP contribution in [0.15, 0.2) is 42.2 Å². The number of carbonyl (C=O) groups excluding carboxylic acids is 2. The zero-order valence-electron chi connectivity index (χ0n) is 18.8. The van der Waals surface area contributed by atoms with Gasteiger partial charge in [0.15, 0.2) is 0 Å². The van der Waals surface area contributed by atoms with E-state index in [2.05, 4.69) is 33.9 Å². The highest BCUT2D eigenvalue weighted by Gasteiger charge is 2.46. The van der Waals surface area contributed by atoms with Gasteiger partial charge in [-0.3, -0.25) is 4.79 Å². The van der Waals surface area contributed by atoms with E-state index in [-0.39, 0.29) is 30.0 Å². The molecule has 164 valence electrons. The molecule has 3 atom stereocenters. The van der Waals surface area contributed by atoms with Crippen molar-refractivity contribution in [1.82, 2.24) is 4.90 Å². The van der Waals surface area contributed by atoms with Crippen LogP contribution in [0.1, 0.15) is 38.7 Å². The smallest absolute Gasteiger partial charge is 0.416 e. The van der Waals surface area contributed by atoms with Gasteiger partial charge >= 0.3 is 6.09 Å². The summed E-state index contributed by atoms with van der Waals surface area (Å²) < 4.78 is 17.4. The Balaban J connectivity index is 1.98. The standard InChI is InChI=1S/C23H33NO5Si/c1-23(2,3)30(5,6)29-17-14-18(16-10-8-7-9-11-16)20(19(15-17)27-4)21(25)24-12-13-28-22(24)26/h7-11,15,18-20H,12-14H2,1-6H3/t18-,19-,20-/m1/s1. The summed E-state index contributed by atoms with van der Waals surface area (Å²) in [6.07, 6.45) is 1.47. The average molecular weight is 432 g/mol. The maximum Gasteiger partial charge on any atom is 0.416 e. The molecule has 6 nitrogen and oxygen atoms in total. The maximum absolute atomic E-state index is 13.4. The summed E-state index contributed by atoms with van der Waals surface area (Å²) in [6, 6.07) is 9.94. The molecule has 1 aromatic rings. The van der Waals surface area contributed by atoms with Gasteiger partial charge in [0.05, 0.1) is 24.3 Å². The van der Waals surface area contributed by atoms with Gasteiger partial charge in [-0.25, -0.2) is 9.69 Å². The molecule has 0 bridgehead atoms. The van der Waals surface area contributed by atoms with Crippen LogP contribution >= 0.6 is 0 Å². The highest BCUT2D eigenvalue weighted by atomic mass is 28.4. The van der Waals surface area contributed by atoms with Gasteiger partial charge in [-0.05, 0) is 29.8 Å². The van der Waals surface area contributed by atoms with Crippen LogP contribution in [0.3, 0.4) is 0 Å². The van der Waals surface area contributed by atoms with Gasteiger partial charge in [0.25, 0.3) is 0 Å². The molecule has 30 heavy (non-hydrogen) atoms. The third-order valence-electron chi connectivity index (χ3n) is 6.56. The van der Waals surface area contributed by atoms with E-state index in [1.54, 1.807) is 7.11 Å². The molecule has 1 heterocycles. The number of hydrogen-bond acceptors (Lipinski definition) is 5. The lowest BCUT2D eigenvalue weighted by molar-refractivity contribution is -0.137. The average Bonchev–Trinajstić information content (AvgIpc) is 3.12. The van der Waals surface area contributed by atoms with E-state index in [0.717, 1.165) is 11.3 Å². The highest BCUT2D eigenvalue weighted by Crippen LogP contribution is 2.44. The molecular weight excluding hydrogens is 398 g/mol. The number of imide groups is 1. The highest BCUT2D eigenvalue weighted by molar-refractivity contribution is 6.74. The summed E-state index contributed by atoms with van der Waals surface area (Å²) in [7, 11) is -0.446. The Kier molecular flexibility index (Phi) is 6.43. The molecule has 7 heteroatoms. The van der Waals surface area contributed by atoms with Crippen molar-refractivity contribution in [3.8, 4) is 0 Å². The zero-order chi connectivity index (χ0) is 22.1. The molecule has 2 aliphatic rings. The van der Waals surface area contributed by atoms with Crippen LogP contribution in [0.2, 0.25) is 18.1 Å². The molecule has 1 saturated heterocycles. The van der Waals surface area contributed by atoms with Gasteiger partial charge in [-0.15, -0.1) is 0 Å². The van der Waals surface area contributed by atoms with Crippen molar-refractivity contribution < 1.29 is 23.5 Å².